The number of aromatic nitrogens is 2. The summed E-state index contributed by atoms with van der Waals surface area (Å²) in [6.07, 6.45) is 0.783. The van der Waals surface area contributed by atoms with Crippen molar-refractivity contribution in [3.63, 3.8) is 0 Å². The fourth-order valence-electron chi connectivity index (χ4n) is 3.76. The predicted octanol–water partition coefficient (Wildman–Crippen LogP) is 3.12. The van der Waals surface area contributed by atoms with Crippen LogP contribution in [0.15, 0.2) is 54.6 Å². The van der Waals surface area contributed by atoms with E-state index in [0.29, 0.717) is 23.2 Å². The monoisotopic (exact) mass is 416 g/mol. The highest BCUT2D eigenvalue weighted by Crippen LogP contribution is 2.24. The third kappa shape index (κ3) is 4.26. The Labute approximate surface area is 180 Å². The molecule has 1 aromatic heterocycles. The van der Waals surface area contributed by atoms with Crippen LogP contribution < -0.4 is 5.32 Å². The van der Waals surface area contributed by atoms with Crippen molar-refractivity contribution in [2.45, 2.75) is 33.4 Å². The first-order valence-electron chi connectivity index (χ1n) is 10.3. The van der Waals surface area contributed by atoms with Gasteiger partial charge in [0, 0.05) is 24.3 Å². The van der Waals surface area contributed by atoms with Crippen LogP contribution in [0.4, 0.5) is 0 Å². The maximum atomic E-state index is 12.5. The molecule has 0 bridgehead atoms. The summed E-state index contributed by atoms with van der Waals surface area (Å²) in [4.78, 5) is 38.6. The molecular formula is C24H24N4O3. The third-order valence-corrected chi connectivity index (χ3v) is 5.37. The fraction of sp³-hybridized carbons (Fsp3) is 0.250. The van der Waals surface area contributed by atoms with E-state index in [-0.39, 0.29) is 24.3 Å². The minimum atomic E-state index is -0.287. The second-order valence-corrected chi connectivity index (χ2v) is 7.70. The molecule has 0 saturated carbocycles. The van der Waals surface area contributed by atoms with Crippen molar-refractivity contribution >= 4 is 17.7 Å². The molecule has 31 heavy (non-hydrogen) atoms. The Morgan fingerprint density at radius 3 is 2.19 bits per heavy atom. The van der Waals surface area contributed by atoms with Crippen molar-refractivity contribution in [2.24, 2.45) is 0 Å². The number of hydrogen-bond acceptors (Lipinski definition) is 4. The number of nitrogens with zero attached hydrogens (tertiary/aromatic N) is 3. The van der Waals surface area contributed by atoms with Gasteiger partial charge in [0.15, 0.2) is 0 Å². The van der Waals surface area contributed by atoms with Crippen molar-refractivity contribution < 1.29 is 14.4 Å². The Morgan fingerprint density at radius 2 is 1.61 bits per heavy atom. The molecule has 7 heteroatoms. The molecule has 1 aliphatic heterocycles. The van der Waals surface area contributed by atoms with Gasteiger partial charge in [-0.2, -0.15) is 5.10 Å². The van der Waals surface area contributed by atoms with Gasteiger partial charge in [-0.1, -0.05) is 24.3 Å². The summed E-state index contributed by atoms with van der Waals surface area (Å²) >= 11 is 0. The van der Waals surface area contributed by atoms with Gasteiger partial charge in [-0.05, 0) is 56.2 Å². The number of rotatable bonds is 7. The third-order valence-electron chi connectivity index (χ3n) is 5.37. The lowest BCUT2D eigenvalue weighted by atomic mass is 10.1. The van der Waals surface area contributed by atoms with Crippen LogP contribution in [0, 0.1) is 13.8 Å². The zero-order valence-electron chi connectivity index (χ0n) is 17.6. The van der Waals surface area contributed by atoms with Gasteiger partial charge in [-0.3, -0.25) is 24.0 Å². The van der Waals surface area contributed by atoms with Gasteiger partial charge in [0.2, 0.25) is 0 Å². The van der Waals surface area contributed by atoms with Crippen LogP contribution in [0.3, 0.4) is 0 Å². The molecule has 1 aliphatic rings. The molecule has 3 aromatic rings. The van der Waals surface area contributed by atoms with Gasteiger partial charge in [0.25, 0.3) is 17.7 Å². The number of nitrogens with one attached hydrogen (secondary N) is 1. The van der Waals surface area contributed by atoms with Crippen LogP contribution in [0.1, 0.15) is 54.4 Å². The number of benzene rings is 2. The summed E-state index contributed by atoms with van der Waals surface area (Å²) < 4.78 is 1.94. The first kappa shape index (κ1) is 20.5. The molecule has 3 amide bonds. The van der Waals surface area contributed by atoms with Gasteiger partial charge in [0.1, 0.15) is 0 Å². The van der Waals surface area contributed by atoms with Gasteiger partial charge < -0.3 is 5.32 Å². The summed E-state index contributed by atoms with van der Waals surface area (Å²) in [5.74, 6) is -0.726. The number of amides is 3. The van der Waals surface area contributed by atoms with Crippen LogP contribution in [-0.4, -0.2) is 38.9 Å². The molecule has 0 radical (unpaired) electrons. The van der Waals surface area contributed by atoms with Gasteiger partial charge in [0.05, 0.1) is 23.4 Å². The van der Waals surface area contributed by atoms with Crippen LogP contribution in [0.25, 0.3) is 0 Å². The highest BCUT2D eigenvalue weighted by Gasteiger charge is 2.34. The molecule has 2 heterocycles. The molecule has 0 unspecified atom stereocenters. The van der Waals surface area contributed by atoms with E-state index < -0.39 is 0 Å². The Hall–Kier alpha value is -3.74. The first-order chi connectivity index (χ1) is 14.9. The topological polar surface area (TPSA) is 84.3 Å². The van der Waals surface area contributed by atoms with Gasteiger partial charge >= 0.3 is 0 Å². The summed E-state index contributed by atoms with van der Waals surface area (Å²) in [6, 6.07) is 15.8. The molecule has 0 atom stereocenters. The smallest absolute Gasteiger partial charge is 0.261 e. The van der Waals surface area contributed by atoms with Crippen molar-refractivity contribution in [2.75, 3.05) is 6.54 Å². The molecule has 1 N–H and O–H groups in total. The standard InChI is InChI=1S/C24H24N4O3/c1-16-14-17(2)28(26-16)13-5-12-25-22(29)19-10-8-18(9-11-19)15-27-23(30)20-6-3-4-7-21(20)24(27)31/h3-4,6-11,14H,5,12-13,15H2,1-2H3,(H,25,29). The zero-order chi connectivity index (χ0) is 22.0. The van der Waals surface area contributed by atoms with Crippen molar-refractivity contribution in [3.8, 4) is 0 Å². The minimum Gasteiger partial charge on any atom is -0.352 e. The molecular weight excluding hydrogens is 392 g/mol. The molecule has 2 aromatic carbocycles. The lowest BCUT2D eigenvalue weighted by molar-refractivity contribution is 0.0641. The molecule has 0 fully saturated rings. The average Bonchev–Trinajstić information content (AvgIpc) is 3.22. The minimum absolute atomic E-state index is 0.152. The van der Waals surface area contributed by atoms with E-state index in [4.69, 9.17) is 0 Å². The number of imide groups is 1. The zero-order valence-corrected chi connectivity index (χ0v) is 17.6. The summed E-state index contributed by atoms with van der Waals surface area (Å²) in [7, 11) is 0. The number of aryl methyl sites for hydroxylation is 3. The average molecular weight is 416 g/mol. The SMILES string of the molecule is Cc1cc(C)n(CCCNC(=O)c2ccc(CN3C(=O)c4ccccc4C3=O)cc2)n1. The Balaban J connectivity index is 1.30. The van der Waals surface area contributed by atoms with E-state index in [1.54, 1.807) is 48.5 Å². The number of carbonyl (C=O) groups excluding carboxylic acids is 3. The molecule has 0 spiro atoms. The molecule has 4 rings (SSSR count). The lowest BCUT2D eigenvalue weighted by Gasteiger charge is -2.14. The normalized spacial score (nSPS) is 12.9. The van der Waals surface area contributed by atoms with Crippen LogP contribution >= 0.6 is 0 Å². The molecule has 7 nitrogen and oxygen atoms in total. The summed E-state index contributed by atoms with van der Waals surface area (Å²) in [6.45, 7) is 5.45. The Morgan fingerprint density at radius 1 is 0.968 bits per heavy atom. The van der Waals surface area contributed by atoms with Gasteiger partial charge in [-0.15, -0.1) is 0 Å². The number of fused-ring (bicyclic) bond motifs is 1. The predicted molar refractivity (Wildman–Crippen MR) is 116 cm³/mol. The summed E-state index contributed by atoms with van der Waals surface area (Å²) in [5.41, 5.74) is 4.29. The van der Waals surface area contributed by atoms with E-state index in [2.05, 4.69) is 10.4 Å². The van der Waals surface area contributed by atoms with Crippen molar-refractivity contribution in [1.29, 1.82) is 0 Å². The van der Waals surface area contributed by atoms with E-state index in [0.717, 1.165) is 29.9 Å². The second-order valence-electron chi connectivity index (χ2n) is 7.70. The largest absolute Gasteiger partial charge is 0.352 e. The number of carbonyl (C=O) groups is 3. The van der Waals surface area contributed by atoms with Crippen molar-refractivity contribution in [3.05, 3.63) is 88.2 Å². The molecule has 158 valence electrons. The van der Waals surface area contributed by atoms with Crippen molar-refractivity contribution in [1.82, 2.24) is 20.0 Å². The highest BCUT2D eigenvalue weighted by atomic mass is 16.2. The second kappa shape index (κ2) is 8.55. The van der Waals surface area contributed by atoms with E-state index in [1.165, 1.54) is 4.90 Å². The maximum absolute atomic E-state index is 12.5. The molecule has 0 saturated heterocycles. The Bertz CT molecular complexity index is 1110. The van der Waals surface area contributed by atoms with Crippen LogP contribution in [0.2, 0.25) is 0 Å². The van der Waals surface area contributed by atoms with Gasteiger partial charge in [-0.25, -0.2) is 0 Å². The van der Waals surface area contributed by atoms with Crippen LogP contribution in [-0.2, 0) is 13.1 Å². The first-order valence-corrected chi connectivity index (χ1v) is 10.3. The van der Waals surface area contributed by atoms with E-state index in [1.807, 2.05) is 24.6 Å². The van der Waals surface area contributed by atoms with E-state index in [9.17, 15) is 14.4 Å². The molecule has 0 aliphatic carbocycles. The highest BCUT2D eigenvalue weighted by molar-refractivity contribution is 6.21. The lowest BCUT2D eigenvalue weighted by Crippen LogP contribution is -2.29. The maximum Gasteiger partial charge on any atom is 0.261 e. The number of hydrogen-bond donors (Lipinski definition) is 1. The summed E-state index contributed by atoms with van der Waals surface area (Å²) in [5, 5.41) is 7.33. The fourth-order valence-corrected chi connectivity index (χ4v) is 3.76. The van der Waals surface area contributed by atoms with E-state index >= 15 is 0 Å². The van der Waals surface area contributed by atoms with Crippen LogP contribution in [0.5, 0.6) is 0 Å². The Kier molecular flexibility index (Phi) is 5.66. The quantitative estimate of drug-likeness (QED) is 0.474.